The molecule has 8 nitrogen and oxygen atoms in total. The van der Waals surface area contributed by atoms with E-state index in [1.165, 1.54) is 0 Å². The number of nitrogens with zero attached hydrogens (tertiary/aromatic N) is 3. The first-order valence-corrected chi connectivity index (χ1v) is 16.8. The Bertz CT molecular complexity index is 1370. The summed E-state index contributed by atoms with van der Waals surface area (Å²) in [6.45, 7) is 9.15. The van der Waals surface area contributed by atoms with Gasteiger partial charge in [-0.25, -0.2) is 0 Å². The molecule has 2 bridgehead atoms. The first kappa shape index (κ1) is 32.3. The van der Waals surface area contributed by atoms with Crippen LogP contribution >= 0.6 is 27.7 Å². The number of likely N-dealkylation sites (tertiary alicyclic amines) is 1. The molecule has 10 heteroatoms. The van der Waals surface area contributed by atoms with Crippen LogP contribution < -0.4 is 9.64 Å². The summed E-state index contributed by atoms with van der Waals surface area (Å²) >= 11 is 5.50. The lowest BCUT2D eigenvalue weighted by Crippen LogP contribution is -2.56. The highest BCUT2D eigenvalue weighted by atomic mass is 79.9. The third kappa shape index (κ3) is 5.84. The molecule has 3 fully saturated rings. The number of thioether (sulfide) groups is 1. The molecule has 3 amide bonds. The number of ether oxygens (including phenoxy) is 1. The number of aliphatic hydroxyl groups excluding tert-OH is 1. The van der Waals surface area contributed by atoms with Crippen LogP contribution in [0.3, 0.4) is 0 Å². The van der Waals surface area contributed by atoms with Crippen LogP contribution in [0, 0.1) is 11.8 Å². The third-order valence-corrected chi connectivity index (χ3v) is 12.2. The van der Waals surface area contributed by atoms with Gasteiger partial charge in [0.25, 0.3) is 5.91 Å². The van der Waals surface area contributed by atoms with Gasteiger partial charge >= 0.3 is 0 Å². The predicted molar refractivity (Wildman–Crippen MR) is 178 cm³/mol. The standard InChI is InChI=1S/C34H40BrN3O5S/c1-4-17-36(22-23-11-7-6-8-12-23)31(40)27-28-32(41)38(19-9-10-20-39)30(34(28)21-26(35)29(27)44-34)33(42)37(18-5-2)24-13-15-25(43-3)16-14-24/h4-8,11-16,26-30,39H,1-2,9-10,17-22H2,3H3/t26?,27-,28-,29-,30?,34?/m0/s1. The van der Waals surface area contributed by atoms with E-state index in [-0.39, 0.29) is 41.0 Å². The van der Waals surface area contributed by atoms with Gasteiger partial charge in [0.1, 0.15) is 11.8 Å². The molecule has 0 saturated carbocycles. The molecule has 0 radical (unpaired) electrons. The van der Waals surface area contributed by atoms with E-state index in [9.17, 15) is 19.5 Å². The summed E-state index contributed by atoms with van der Waals surface area (Å²) in [5.41, 5.74) is 1.68. The zero-order chi connectivity index (χ0) is 31.4. The van der Waals surface area contributed by atoms with Crippen molar-refractivity contribution in [1.82, 2.24) is 9.80 Å². The highest BCUT2D eigenvalue weighted by Gasteiger charge is 2.76. The number of amides is 3. The molecule has 5 rings (SSSR count). The van der Waals surface area contributed by atoms with Gasteiger partial charge in [-0.3, -0.25) is 14.4 Å². The number of carbonyl (C=O) groups excluding carboxylic acids is 3. The summed E-state index contributed by atoms with van der Waals surface area (Å²) in [5.74, 6) is -0.971. The van der Waals surface area contributed by atoms with Gasteiger partial charge in [-0.1, -0.05) is 58.4 Å². The van der Waals surface area contributed by atoms with Crippen LogP contribution in [-0.4, -0.2) is 86.8 Å². The molecule has 0 aliphatic carbocycles. The Morgan fingerprint density at radius 2 is 1.80 bits per heavy atom. The number of hydrogen-bond donors (Lipinski definition) is 1. The average Bonchev–Trinajstić information content (AvgIpc) is 3.63. The number of halogens is 1. The van der Waals surface area contributed by atoms with E-state index in [1.54, 1.807) is 57.9 Å². The number of aliphatic hydroxyl groups is 1. The number of anilines is 1. The molecule has 3 aliphatic heterocycles. The van der Waals surface area contributed by atoms with Crippen molar-refractivity contribution in [3.8, 4) is 5.75 Å². The first-order valence-electron chi connectivity index (χ1n) is 15.0. The van der Waals surface area contributed by atoms with Crippen molar-refractivity contribution >= 4 is 51.1 Å². The molecule has 1 spiro atoms. The van der Waals surface area contributed by atoms with E-state index in [4.69, 9.17) is 4.74 Å². The van der Waals surface area contributed by atoms with Gasteiger partial charge in [-0.15, -0.1) is 24.9 Å². The fraction of sp³-hybridized carbons (Fsp3) is 0.441. The second-order valence-electron chi connectivity index (χ2n) is 11.6. The maximum atomic E-state index is 14.7. The Kier molecular flexibility index (Phi) is 10.2. The van der Waals surface area contributed by atoms with Crippen LogP contribution in [0.25, 0.3) is 0 Å². The number of fused-ring (bicyclic) bond motifs is 1. The molecule has 0 aromatic heterocycles. The number of benzene rings is 2. The fourth-order valence-electron chi connectivity index (χ4n) is 7.09. The Morgan fingerprint density at radius 3 is 2.43 bits per heavy atom. The van der Waals surface area contributed by atoms with Crippen LogP contribution in [-0.2, 0) is 20.9 Å². The monoisotopic (exact) mass is 681 g/mol. The quantitative estimate of drug-likeness (QED) is 0.177. The largest absolute Gasteiger partial charge is 0.497 e. The maximum absolute atomic E-state index is 14.7. The molecule has 3 unspecified atom stereocenters. The van der Waals surface area contributed by atoms with Crippen LogP contribution in [0.5, 0.6) is 5.75 Å². The maximum Gasteiger partial charge on any atom is 0.251 e. The van der Waals surface area contributed by atoms with Crippen molar-refractivity contribution in [3.63, 3.8) is 0 Å². The van der Waals surface area contributed by atoms with Gasteiger partial charge in [0.15, 0.2) is 0 Å². The van der Waals surface area contributed by atoms with Crippen LogP contribution in [0.1, 0.15) is 24.8 Å². The van der Waals surface area contributed by atoms with E-state index >= 15 is 0 Å². The van der Waals surface area contributed by atoms with Crippen molar-refractivity contribution in [2.75, 3.05) is 38.3 Å². The van der Waals surface area contributed by atoms with Gasteiger partial charge in [-0.2, -0.15) is 0 Å². The normalized spacial score (nSPS) is 26.8. The van der Waals surface area contributed by atoms with Gasteiger partial charge in [0.05, 0.1) is 23.7 Å². The van der Waals surface area contributed by atoms with E-state index < -0.39 is 22.6 Å². The van der Waals surface area contributed by atoms with Crippen molar-refractivity contribution in [2.45, 2.75) is 46.7 Å². The van der Waals surface area contributed by atoms with E-state index in [1.807, 2.05) is 42.5 Å². The second kappa shape index (κ2) is 13.9. The highest BCUT2D eigenvalue weighted by Crippen LogP contribution is 2.68. The predicted octanol–water partition coefficient (Wildman–Crippen LogP) is 4.67. The lowest BCUT2D eigenvalue weighted by Gasteiger charge is -2.38. The van der Waals surface area contributed by atoms with E-state index in [0.29, 0.717) is 50.3 Å². The Balaban J connectivity index is 1.53. The lowest BCUT2D eigenvalue weighted by molar-refractivity contribution is -0.144. The van der Waals surface area contributed by atoms with Crippen molar-refractivity contribution in [3.05, 3.63) is 85.5 Å². The second-order valence-corrected chi connectivity index (χ2v) is 14.3. The molecule has 1 N–H and O–H groups in total. The molecule has 3 aliphatic rings. The van der Waals surface area contributed by atoms with Gasteiger partial charge < -0.3 is 24.5 Å². The summed E-state index contributed by atoms with van der Waals surface area (Å²) in [6.07, 6.45) is 5.06. The summed E-state index contributed by atoms with van der Waals surface area (Å²) < 4.78 is 4.55. The number of alkyl halides is 1. The number of carbonyl (C=O) groups is 3. The van der Waals surface area contributed by atoms with Crippen molar-refractivity contribution in [2.24, 2.45) is 11.8 Å². The molecule has 44 heavy (non-hydrogen) atoms. The topological polar surface area (TPSA) is 90.4 Å². The van der Waals surface area contributed by atoms with Gasteiger partial charge in [-0.05, 0) is 49.1 Å². The molecular weight excluding hydrogens is 642 g/mol. The smallest absolute Gasteiger partial charge is 0.251 e. The zero-order valence-electron chi connectivity index (χ0n) is 25.0. The molecular formula is C34H40BrN3O5S. The minimum Gasteiger partial charge on any atom is -0.497 e. The molecule has 2 aromatic rings. The summed E-state index contributed by atoms with van der Waals surface area (Å²) in [6, 6.07) is 16.3. The Labute approximate surface area is 272 Å². The number of rotatable bonds is 14. The zero-order valence-corrected chi connectivity index (χ0v) is 27.4. The van der Waals surface area contributed by atoms with Crippen molar-refractivity contribution < 1.29 is 24.2 Å². The molecule has 2 aromatic carbocycles. The van der Waals surface area contributed by atoms with Crippen LogP contribution in [0.2, 0.25) is 0 Å². The first-order chi connectivity index (χ1) is 21.3. The number of hydrogen-bond acceptors (Lipinski definition) is 6. The number of unbranched alkanes of at least 4 members (excludes halogenated alkanes) is 1. The van der Waals surface area contributed by atoms with Crippen LogP contribution in [0.15, 0.2) is 79.9 Å². The third-order valence-electron chi connectivity index (χ3n) is 8.95. The van der Waals surface area contributed by atoms with Crippen molar-refractivity contribution in [1.29, 1.82) is 0 Å². The summed E-state index contributed by atoms with van der Waals surface area (Å²) in [4.78, 5) is 48.8. The molecule has 3 heterocycles. The minimum absolute atomic E-state index is 0.00105. The molecule has 234 valence electrons. The van der Waals surface area contributed by atoms with Gasteiger partial charge in [0, 0.05) is 48.6 Å². The lowest BCUT2D eigenvalue weighted by atomic mass is 9.70. The Morgan fingerprint density at radius 1 is 1.09 bits per heavy atom. The highest BCUT2D eigenvalue weighted by molar-refractivity contribution is 9.09. The SMILES string of the molecule is C=CCN(Cc1ccccc1)C(=O)[C@H]1[C@H]2C(=O)N(CCCCO)C(C(=O)N(CC=C)c3ccc(OC)cc3)C23CC(Br)[C@@H]1S3. The van der Waals surface area contributed by atoms with E-state index in [2.05, 4.69) is 29.1 Å². The van der Waals surface area contributed by atoms with Crippen LogP contribution in [0.4, 0.5) is 5.69 Å². The number of methoxy groups -OCH3 is 1. The summed E-state index contributed by atoms with van der Waals surface area (Å²) in [5, 5.41) is 9.36. The average molecular weight is 683 g/mol. The minimum atomic E-state index is -0.773. The summed E-state index contributed by atoms with van der Waals surface area (Å²) in [7, 11) is 1.59. The molecule has 6 atom stereocenters. The molecule has 3 saturated heterocycles. The van der Waals surface area contributed by atoms with Gasteiger partial charge in [0.2, 0.25) is 11.8 Å². The fourth-order valence-corrected chi connectivity index (χ4v) is 10.7. The Hall–Kier alpha value is -3.08. The van der Waals surface area contributed by atoms with E-state index in [0.717, 1.165) is 5.56 Å².